The van der Waals surface area contributed by atoms with E-state index in [0.717, 1.165) is 5.56 Å². The van der Waals surface area contributed by atoms with Gasteiger partial charge in [-0.3, -0.25) is 4.79 Å². The van der Waals surface area contributed by atoms with Crippen LogP contribution in [0.15, 0.2) is 21.6 Å². The zero-order valence-corrected chi connectivity index (χ0v) is 17.6. The number of nitrogens with one attached hydrogen (secondary N) is 1. The van der Waals surface area contributed by atoms with Gasteiger partial charge in [0, 0.05) is 25.2 Å². The molecule has 8 nitrogen and oxygen atoms in total. The number of carbonyl (C=O) groups is 1. The fourth-order valence-electron chi connectivity index (χ4n) is 2.85. The molecule has 1 fully saturated rings. The van der Waals surface area contributed by atoms with E-state index in [0.29, 0.717) is 24.7 Å². The Balaban J connectivity index is 1.87. The van der Waals surface area contributed by atoms with Gasteiger partial charge in [-0.05, 0) is 26.0 Å². The molecule has 1 aromatic heterocycles. The van der Waals surface area contributed by atoms with Crippen molar-refractivity contribution in [1.29, 1.82) is 0 Å². The monoisotopic (exact) mass is 447 g/mol. The Morgan fingerprint density at radius 1 is 1.21 bits per heavy atom. The topological polar surface area (TPSA) is 102 Å². The smallest absolute Gasteiger partial charge is 0.253 e. The lowest BCUT2D eigenvalue weighted by molar-refractivity contribution is 0.0730. The van der Waals surface area contributed by atoms with Crippen molar-refractivity contribution in [2.75, 3.05) is 26.3 Å². The SMILES string of the molecule is Cc1noc(C)c1CNC(=O)c1cc(S(=O)(=O)N2CCOCC2)c(Cl)cc1Cl. The number of sulfonamides is 1. The molecule has 1 aliphatic heterocycles. The molecule has 2 aromatic rings. The average Bonchev–Trinajstić information content (AvgIpc) is 2.98. The summed E-state index contributed by atoms with van der Waals surface area (Å²) in [5, 5.41) is 6.55. The van der Waals surface area contributed by atoms with Gasteiger partial charge in [-0.15, -0.1) is 0 Å². The molecule has 1 N–H and O–H groups in total. The number of hydrogen-bond acceptors (Lipinski definition) is 6. The van der Waals surface area contributed by atoms with E-state index in [1.54, 1.807) is 13.8 Å². The first-order valence-corrected chi connectivity index (χ1v) is 10.7. The zero-order chi connectivity index (χ0) is 20.5. The number of halogens is 2. The summed E-state index contributed by atoms with van der Waals surface area (Å²) in [6.07, 6.45) is 0. The molecule has 152 valence electrons. The first-order chi connectivity index (χ1) is 13.2. The number of amides is 1. The minimum atomic E-state index is -3.88. The fourth-order valence-corrected chi connectivity index (χ4v) is 5.09. The molecule has 1 aromatic carbocycles. The van der Waals surface area contributed by atoms with E-state index in [9.17, 15) is 13.2 Å². The van der Waals surface area contributed by atoms with Crippen LogP contribution >= 0.6 is 23.2 Å². The van der Waals surface area contributed by atoms with E-state index >= 15 is 0 Å². The second-order valence-corrected chi connectivity index (χ2v) is 8.99. The molecule has 0 unspecified atom stereocenters. The molecule has 28 heavy (non-hydrogen) atoms. The summed E-state index contributed by atoms with van der Waals surface area (Å²) < 4.78 is 37.4. The summed E-state index contributed by atoms with van der Waals surface area (Å²) in [7, 11) is -3.88. The Hall–Kier alpha value is -1.65. The van der Waals surface area contributed by atoms with Crippen LogP contribution in [-0.4, -0.2) is 50.1 Å². The van der Waals surface area contributed by atoms with Crippen molar-refractivity contribution in [2.24, 2.45) is 0 Å². The largest absolute Gasteiger partial charge is 0.379 e. The minimum Gasteiger partial charge on any atom is -0.379 e. The molecule has 11 heteroatoms. The Morgan fingerprint density at radius 2 is 1.89 bits per heavy atom. The lowest BCUT2D eigenvalue weighted by atomic mass is 10.2. The number of nitrogens with zero attached hydrogens (tertiary/aromatic N) is 2. The molecule has 2 heterocycles. The summed E-state index contributed by atoms with van der Waals surface area (Å²) in [4.78, 5) is 12.5. The third-order valence-electron chi connectivity index (χ3n) is 4.46. The number of benzene rings is 1. The molecule has 0 radical (unpaired) electrons. The van der Waals surface area contributed by atoms with Crippen LogP contribution in [0.5, 0.6) is 0 Å². The van der Waals surface area contributed by atoms with Gasteiger partial charge in [0.15, 0.2) is 0 Å². The second kappa shape index (κ2) is 8.38. The van der Waals surface area contributed by atoms with Gasteiger partial charge >= 0.3 is 0 Å². The fraction of sp³-hybridized carbons (Fsp3) is 0.412. The second-order valence-electron chi connectivity index (χ2n) is 6.26. The summed E-state index contributed by atoms with van der Waals surface area (Å²) in [5.41, 5.74) is 1.43. The maximum Gasteiger partial charge on any atom is 0.253 e. The van der Waals surface area contributed by atoms with Gasteiger partial charge < -0.3 is 14.6 Å². The standard InChI is InChI=1S/C17H19Cl2N3O5S/c1-10-13(11(2)27-21-10)9-20-17(23)12-7-16(15(19)8-14(12)18)28(24,25)22-3-5-26-6-4-22/h7-8H,3-6,9H2,1-2H3,(H,20,23). The minimum absolute atomic E-state index is 0.0182. The maximum atomic E-state index is 12.9. The maximum absolute atomic E-state index is 12.9. The molecular weight excluding hydrogens is 429 g/mol. The van der Waals surface area contributed by atoms with Gasteiger partial charge in [-0.1, -0.05) is 28.4 Å². The van der Waals surface area contributed by atoms with Crippen molar-refractivity contribution in [3.05, 3.63) is 44.8 Å². The predicted molar refractivity (Wildman–Crippen MR) is 103 cm³/mol. The van der Waals surface area contributed by atoms with Gasteiger partial charge in [-0.2, -0.15) is 4.31 Å². The van der Waals surface area contributed by atoms with Crippen molar-refractivity contribution in [1.82, 2.24) is 14.8 Å². The third kappa shape index (κ3) is 4.18. The summed E-state index contributed by atoms with van der Waals surface area (Å²) >= 11 is 12.3. The van der Waals surface area contributed by atoms with Gasteiger partial charge in [0.05, 0.1) is 34.5 Å². The Bertz CT molecular complexity index is 981. The molecule has 0 spiro atoms. The van der Waals surface area contributed by atoms with Crippen LogP contribution in [0.25, 0.3) is 0 Å². The highest BCUT2D eigenvalue weighted by molar-refractivity contribution is 7.89. The summed E-state index contributed by atoms with van der Waals surface area (Å²) in [6, 6.07) is 2.47. The van der Waals surface area contributed by atoms with Crippen LogP contribution in [0.3, 0.4) is 0 Å². The van der Waals surface area contributed by atoms with E-state index in [1.807, 2.05) is 0 Å². The molecule has 1 aliphatic rings. The van der Waals surface area contributed by atoms with Gasteiger partial charge in [0.2, 0.25) is 10.0 Å². The first kappa shape index (κ1) is 21.1. The van der Waals surface area contributed by atoms with Gasteiger partial charge in [0.25, 0.3) is 5.91 Å². The molecule has 3 rings (SSSR count). The van der Waals surface area contributed by atoms with Crippen LogP contribution in [0.2, 0.25) is 10.0 Å². The van der Waals surface area contributed by atoms with Crippen LogP contribution < -0.4 is 5.32 Å². The van der Waals surface area contributed by atoms with Crippen LogP contribution in [0.1, 0.15) is 27.4 Å². The van der Waals surface area contributed by atoms with E-state index in [-0.39, 0.29) is 40.1 Å². The first-order valence-electron chi connectivity index (χ1n) is 8.48. The summed E-state index contributed by atoms with van der Waals surface area (Å²) in [5.74, 6) is 0.0654. The molecule has 0 aliphatic carbocycles. The normalized spacial score (nSPS) is 15.6. The van der Waals surface area contributed by atoms with Crippen molar-refractivity contribution in [2.45, 2.75) is 25.3 Å². The van der Waals surface area contributed by atoms with Crippen molar-refractivity contribution in [3.8, 4) is 0 Å². The van der Waals surface area contributed by atoms with Crippen LogP contribution in [0, 0.1) is 13.8 Å². The third-order valence-corrected chi connectivity index (χ3v) is 7.14. The Labute approximate surface area is 172 Å². The highest BCUT2D eigenvalue weighted by atomic mass is 35.5. The number of aromatic nitrogens is 1. The molecule has 1 amide bonds. The van der Waals surface area contributed by atoms with Crippen molar-refractivity contribution in [3.63, 3.8) is 0 Å². The summed E-state index contributed by atoms with van der Waals surface area (Å²) in [6.45, 7) is 4.71. The number of morpholine rings is 1. The lowest BCUT2D eigenvalue weighted by Crippen LogP contribution is -2.40. The van der Waals surface area contributed by atoms with E-state index < -0.39 is 15.9 Å². The molecule has 0 bridgehead atoms. The number of aryl methyl sites for hydroxylation is 2. The lowest BCUT2D eigenvalue weighted by Gasteiger charge is -2.26. The Kier molecular flexibility index (Phi) is 6.31. The molecule has 0 saturated carbocycles. The zero-order valence-electron chi connectivity index (χ0n) is 15.3. The van der Waals surface area contributed by atoms with E-state index in [1.165, 1.54) is 16.4 Å². The average molecular weight is 448 g/mol. The highest BCUT2D eigenvalue weighted by Gasteiger charge is 2.30. The number of carbonyl (C=O) groups excluding carboxylic acids is 1. The Morgan fingerprint density at radius 3 is 2.50 bits per heavy atom. The van der Waals surface area contributed by atoms with Crippen LogP contribution in [0.4, 0.5) is 0 Å². The van der Waals surface area contributed by atoms with Gasteiger partial charge in [-0.25, -0.2) is 8.42 Å². The molecule has 0 atom stereocenters. The van der Waals surface area contributed by atoms with Crippen LogP contribution in [-0.2, 0) is 21.3 Å². The predicted octanol–water partition coefficient (Wildman–Crippen LogP) is 2.55. The van der Waals surface area contributed by atoms with E-state index in [4.69, 9.17) is 32.5 Å². The molecular formula is C17H19Cl2N3O5S. The number of hydrogen-bond donors (Lipinski definition) is 1. The van der Waals surface area contributed by atoms with Crippen molar-refractivity contribution >= 4 is 39.1 Å². The van der Waals surface area contributed by atoms with Gasteiger partial charge in [0.1, 0.15) is 10.7 Å². The molecule has 1 saturated heterocycles. The number of ether oxygens (including phenoxy) is 1. The number of rotatable bonds is 5. The quantitative estimate of drug-likeness (QED) is 0.755. The van der Waals surface area contributed by atoms with Crippen molar-refractivity contribution < 1.29 is 22.5 Å². The van der Waals surface area contributed by atoms with E-state index in [2.05, 4.69) is 10.5 Å². The highest BCUT2D eigenvalue weighted by Crippen LogP contribution is 2.31.